The molecule has 0 aromatic heterocycles. The summed E-state index contributed by atoms with van der Waals surface area (Å²) in [6.45, 7) is 13.2. The summed E-state index contributed by atoms with van der Waals surface area (Å²) in [7, 11) is 0. The quantitative estimate of drug-likeness (QED) is 0.210. The molecule has 33 heavy (non-hydrogen) atoms. The average molecular weight is 457 g/mol. The topological polar surface area (TPSA) is 59.6 Å². The van der Waals surface area contributed by atoms with E-state index < -0.39 is 11.7 Å². The number of amides is 1. The summed E-state index contributed by atoms with van der Waals surface area (Å²) in [5, 5.41) is 6.13. The van der Waals surface area contributed by atoms with Crippen LogP contribution >= 0.6 is 0 Å². The number of hydrogen-bond donors (Lipinski definition) is 2. The molecular weight excluding hydrogens is 419 g/mol. The first-order valence-electron chi connectivity index (χ1n) is 11.2. The van der Waals surface area contributed by atoms with Crippen LogP contribution in [-0.2, 0) is 4.74 Å². The minimum absolute atomic E-state index is 0.305. The Morgan fingerprint density at radius 1 is 1.18 bits per heavy atom. The highest BCUT2D eigenvalue weighted by Gasteiger charge is 2.15. The van der Waals surface area contributed by atoms with Crippen LogP contribution in [0.5, 0.6) is 5.75 Å². The third-order valence-electron chi connectivity index (χ3n) is 4.04. The van der Waals surface area contributed by atoms with E-state index in [2.05, 4.69) is 36.3 Å². The maximum absolute atomic E-state index is 13.0. The molecule has 0 aliphatic carbocycles. The van der Waals surface area contributed by atoms with Gasteiger partial charge >= 0.3 is 6.09 Å². The van der Waals surface area contributed by atoms with E-state index in [1.807, 2.05) is 39.0 Å². The number of hydrogen-bond acceptors (Lipinski definition) is 4. The van der Waals surface area contributed by atoms with E-state index in [0.29, 0.717) is 24.6 Å². The van der Waals surface area contributed by atoms with Crippen LogP contribution < -0.4 is 15.4 Å². The van der Waals surface area contributed by atoms with Gasteiger partial charge in [0.2, 0.25) is 0 Å². The van der Waals surface area contributed by atoms with Crippen LogP contribution in [-0.4, -0.2) is 31.3 Å². The first-order valence-corrected chi connectivity index (χ1v) is 11.2. The van der Waals surface area contributed by atoms with E-state index in [-0.39, 0.29) is 5.82 Å². The number of ether oxygens (including phenoxy) is 2. The van der Waals surface area contributed by atoms with Gasteiger partial charge in [-0.3, -0.25) is 0 Å². The minimum Gasteiger partial charge on any atom is -0.457 e. The first kappa shape index (κ1) is 27.9. The first-order chi connectivity index (χ1) is 15.7. The van der Waals surface area contributed by atoms with Crippen LogP contribution in [0.3, 0.4) is 0 Å². The average Bonchev–Trinajstić information content (AvgIpc) is 2.76. The molecule has 0 bridgehead atoms. The summed E-state index contributed by atoms with van der Waals surface area (Å²) in [5.41, 5.74) is 0.524. The molecule has 0 spiro atoms. The molecule has 1 amide bonds. The Hall–Kier alpha value is -3.12. The molecule has 0 unspecified atom stereocenters. The van der Waals surface area contributed by atoms with E-state index in [0.717, 1.165) is 25.0 Å². The van der Waals surface area contributed by atoms with Gasteiger partial charge < -0.3 is 20.1 Å². The summed E-state index contributed by atoms with van der Waals surface area (Å²) in [5.74, 6) is 0.820. The summed E-state index contributed by atoms with van der Waals surface area (Å²) in [6.07, 6.45) is 14.8. The summed E-state index contributed by atoms with van der Waals surface area (Å²) < 4.78 is 23.9. The molecule has 0 heterocycles. The lowest BCUT2D eigenvalue weighted by molar-refractivity contribution is 0.0533. The Labute approximate surface area is 197 Å². The van der Waals surface area contributed by atoms with Gasteiger partial charge in [0.1, 0.15) is 22.9 Å². The molecule has 5 nitrogen and oxygen atoms in total. The molecule has 180 valence electrons. The van der Waals surface area contributed by atoms with Crippen LogP contribution in [0.2, 0.25) is 0 Å². The molecule has 0 atom stereocenters. The molecule has 1 aromatic rings. The molecule has 1 rings (SSSR count). The van der Waals surface area contributed by atoms with Gasteiger partial charge in [-0.25, -0.2) is 9.18 Å². The van der Waals surface area contributed by atoms with E-state index in [1.54, 1.807) is 24.3 Å². The van der Waals surface area contributed by atoms with E-state index >= 15 is 0 Å². The molecule has 0 aliphatic rings. The van der Waals surface area contributed by atoms with Crippen molar-refractivity contribution in [3.63, 3.8) is 0 Å². The molecule has 6 heteroatoms. The molecule has 0 fully saturated rings. The van der Waals surface area contributed by atoms with Crippen molar-refractivity contribution in [3.05, 3.63) is 90.5 Å². The summed E-state index contributed by atoms with van der Waals surface area (Å²) in [6, 6.07) is 5.83. The number of allylic oxidation sites excluding steroid dienone is 4. The Morgan fingerprint density at radius 2 is 1.91 bits per heavy atom. The zero-order valence-corrected chi connectivity index (χ0v) is 20.2. The highest BCUT2D eigenvalue weighted by Crippen LogP contribution is 2.15. The standard InChI is InChI=1S/C27H37FN2O3/c1-6-8-12-22(21-30-26(31)33-27(3,4)5)13-11-20-29-19-10-9-14-24(7-2)32-25-17-15-23(28)16-18-25/h7-10,12-18,29H,2,6,11,19-21H2,1,3-5H3,(H,30,31)/b10-9+,12-8-,22-13+,24-14+. The largest absolute Gasteiger partial charge is 0.457 e. The van der Waals surface area contributed by atoms with Gasteiger partial charge in [0.15, 0.2) is 0 Å². The monoisotopic (exact) mass is 456 g/mol. The fourth-order valence-electron chi connectivity index (χ4n) is 2.52. The third kappa shape index (κ3) is 14.5. The second-order valence-electron chi connectivity index (χ2n) is 8.20. The van der Waals surface area contributed by atoms with Crippen molar-refractivity contribution in [1.82, 2.24) is 10.6 Å². The third-order valence-corrected chi connectivity index (χ3v) is 4.04. The maximum atomic E-state index is 13.0. The summed E-state index contributed by atoms with van der Waals surface area (Å²) >= 11 is 0. The lowest BCUT2D eigenvalue weighted by atomic mass is 10.2. The maximum Gasteiger partial charge on any atom is 0.407 e. The number of halogens is 1. The van der Waals surface area contributed by atoms with Crippen molar-refractivity contribution in [3.8, 4) is 5.75 Å². The zero-order chi connectivity index (χ0) is 24.5. The van der Waals surface area contributed by atoms with Crippen LogP contribution in [0, 0.1) is 5.82 Å². The van der Waals surface area contributed by atoms with Crippen LogP contribution in [0.4, 0.5) is 9.18 Å². The van der Waals surface area contributed by atoms with E-state index in [1.165, 1.54) is 12.1 Å². The van der Waals surface area contributed by atoms with Crippen LogP contribution in [0.15, 0.2) is 84.7 Å². The lowest BCUT2D eigenvalue weighted by Gasteiger charge is -2.19. The fourth-order valence-corrected chi connectivity index (χ4v) is 2.52. The van der Waals surface area contributed by atoms with E-state index in [4.69, 9.17) is 9.47 Å². The molecule has 0 saturated carbocycles. The number of rotatable bonds is 13. The van der Waals surface area contributed by atoms with Gasteiger partial charge in [-0.15, -0.1) is 0 Å². The predicted octanol–water partition coefficient (Wildman–Crippen LogP) is 6.23. The Balaban J connectivity index is 2.41. The molecule has 0 saturated heterocycles. The number of carbonyl (C=O) groups excluding carboxylic acids is 1. The van der Waals surface area contributed by atoms with Crippen molar-refractivity contribution in [2.24, 2.45) is 0 Å². The van der Waals surface area contributed by atoms with Gasteiger partial charge in [-0.1, -0.05) is 43.9 Å². The Bertz CT molecular complexity index is 847. The molecule has 2 N–H and O–H groups in total. The summed E-state index contributed by atoms with van der Waals surface area (Å²) in [4.78, 5) is 11.9. The fraction of sp³-hybridized carbons (Fsp3) is 0.370. The van der Waals surface area contributed by atoms with Gasteiger partial charge in [0, 0.05) is 13.1 Å². The van der Waals surface area contributed by atoms with Crippen molar-refractivity contribution >= 4 is 6.09 Å². The Kier molecular flexibility index (Phi) is 13.2. The lowest BCUT2D eigenvalue weighted by Crippen LogP contribution is -2.33. The number of carbonyl (C=O) groups is 1. The number of benzene rings is 1. The second-order valence-corrected chi connectivity index (χ2v) is 8.20. The molecular formula is C27H37FN2O3. The van der Waals surface area contributed by atoms with Gasteiger partial charge in [-0.05, 0) is 82.1 Å². The van der Waals surface area contributed by atoms with Crippen LogP contribution in [0.25, 0.3) is 0 Å². The number of nitrogens with one attached hydrogen (secondary N) is 2. The van der Waals surface area contributed by atoms with Gasteiger partial charge in [-0.2, -0.15) is 0 Å². The van der Waals surface area contributed by atoms with Crippen molar-refractivity contribution < 1.29 is 18.7 Å². The number of alkyl carbamates (subject to hydrolysis) is 1. The van der Waals surface area contributed by atoms with Crippen molar-refractivity contribution in [2.45, 2.75) is 46.1 Å². The molecule has 1 aromatic carbocycles. The van der Waals surface area contributed by atoms with Crippen molar-refractivity contribution in [1.29, 1.82) is 0 Å². The normalized spacial score (nSPS) is 12.9. The highest BCUT2D eigenvalue weighted by molar-refractivity contribution is 5.68. The smallest absolute Gasteiger partial charge is 0.407 e. The molecule has 0 radical (unpaired) electrons. The van der Waals surface area contributed by atoms with Gasteiger partial charge in [0.05, 0.1) is 0 Å². The SMILES string of the molecule is C=C/C(=C\C=C\CNCC/C=C(\C=C/CC)CNC(=O)OC(C)(C)C)Oc1ccc(F)cc1. The van der Waals surface area contributed by atoms with Gasteiger partial charge in [0.25, 0.3) is 0 Å². The second kappa shape index (κ2) is 15.6. The minimum atomic E-state index is -0.515. The molecule has 0 aliphatic heterocycles. The highest BCUT2D eigenvalue weighted by atomic mass is 19.1. The van der Waals surface area contributed by atoms with E-state index in [9.17, 15) is 9.18 Å². The van der Waals surface area contributed by atoms with Crippen molar-refractivity contribution in [2.75, 3.05) is 19.6 Å². The Morgan fingerprint density at radius 3 is 2.55 bits per heavy atom. The predicted molar refractivity (Wildman–Crippen MR) is 134 cm³/mol. The zero-order valence-electron chi connectivity index (χ0n) is 20.2. The van der Waals surface area contributed by atoms with Crippen LogP contribution in [0.1, 0.15) is 40.5 Å².